The molecule has 3 aromatic rings. The third-order valence-corrected chi connectivity index (χ3v) is 5.20. The van der Waals surface area contributed by atoms with Crippen molar-refractivity contribution in [2.45, 2.75) is 32.1 Å². The van der Waals surface area contributed by atoms with E-state index in [-0.39, 0.29) is 11.6 Å². The second-order valence-electron chi connectivity index (χ2n) is 7.29. The number of nitrogens with zero attached hydrogens (tertiary/aromatic N) is 8. The Morgan fingerprint density at radius 3 is 2.46 bits per heavy atom. The first-order valence-electron chi connectivity index (χ1n) is 9.43. The molecule has 0 aromatic carbocycles. The SMILES string of the molecule is Cc1cc(N2CCN(c3cc(C(F)F)nc(C4CC4)n3)CC2)n2ncnc2n1. The van der Waals surface area contributed by atoms with Crippen molar-refractivity contribution in [2.75, 3.05) is 36.0 Å². The van der Waals surface area contributed by atoms with Crippen molar-refractivity contribution in [3.8, 4) is 0 Å². The lowest BCUT2D eigenvalue weighted by atomic mass is 10.2. The van der Waals surface area contributed by atoms with Crippen LogP contribution >= 0.6 is 0 Å². The third kappa shape index (κ3) is 3.12. The largest absolute Gasteiger partial charge is 0.353 e. The summed E-state index contributed by atoms with van der Waals surface area (Å²) in [4.78, 5) is 21.5. The molecule has 8 nitrogen and oxygen atoms in total. The zero-order valence-electron chi connectivity index (χ0n) is 15.5. The second kappa shape index (κ2) is 6.61. The fraction of sp³-hybridized carbons (Fsp3) is 0.500. The molecule has 1 saturated carbocycles. The number of aryl methyl sites for hydroxylation is 1. The van der Waals surface area contributed by atoms with Crippen molar-refractivity contribution in [3.63, 3.8) is 0 Å². The van der Waals surface area contributed by atoms with Gasteiger partial charge in [-0.25, -0.2) is 23.7 Å². The monoisotopic (exact) mass is 386 g/mol. The highest BCUT2D eigenvalue weighted by atomic mass is 19.3. The summed E-state index contributed by atoms with van der Waals surface area (Å²) in [6.07, 6.45) is 0.874. The Morgan fingerprint density at radius 2 is 1.75 bits per heavy atom. The quantitative estimate of drug-likeness (QED) is 0.681. The highest BCUT2D eigenvalue weighted by Crippen LogP contribution is 2.39. The molecule has 1 aliphatic heterocycles. The number of aromatic nitrogens is 6. The third-order valence-electron chi connectivity index (χ3n) is 5.20. The van der Waals surface area contributed by atoms with E-state index in [9.17, 15) is 8.78 Å². The number of anilines is 2. The van der Waals surface area contributed by atoms with Crippen molar-refractivity contribution < 1.29 is 8.78 Å². The van der Waals surface area contributed by atoms with Crippen molar-refractivity contribution in [1.29, 1.82) is 0 Å². The summed E-state index contributed by atoms with van der Waals surface area (Å²) in [5.41, 5.74) is 0.702. The number of piperazine rings is 1. The molecular formula is C18H20F2N8. The first-order chi connectivity index (χ1) is 13.6. The van der Waals surface area contributed by atoms with E-state index in [0.717, 1.165) is 37.4 Å². The number of rotatable bonds is 4. The minimum absolute atomic E-state index is 0.177. The number of alkyl halides is 2. The van der Waals surface area contributed by atoms with Crippen LogP contribution in [0.1, 0.15) is 42.4 Å². The lowest BCUT2D eigenvalue weighted by molar-refractivity contribution is 0.145. The van der Waals surface area contributed by atoms with Gasteiger partial charge in [0.1, 0.15) is 29.5 Å². The van der Waals surface area contributed by atoms with Crippen LogP contribution in [0.4, 0.5) is 20.4 Å². The molecule has 0 spiro atoms. The molecule has 4 heterocycles. The van der Waals surface area contributed by atoms with E-state index < -0.39 is 6.43 Å². The average molecular weight is 386 g/mol. The summed E-state index contributed by atoms with van der Waals surface area (Å²) in [7, 11) is 0. The Hall–Kier alpha value is -2.91. The van der Waals surface area contributed by atoms with Gasteiger partial charge in [0.05, 0.1) is 0 Å². The maximum Gasteiger partial charge on any atom is 0.280 e. The zero-order chi connectivity index (χ0) is 19.3. The summed E-state index contributed by atoms with van der Waals surface area (Å²) in [5, 5.41) is 4.26. The molecule has 28 heavy (non-hydrogen) atoms. The highest BCUT2D eigenvalue weighted by molar-refractivity contribution is 5.50. The summed E-state index contributed by atoms with van der Waals surface area (Å²) in [6, 6.07) is 3.42. The molecule has 0 unspecified atom stereocenters. The molecule has 0 bridgehead atoms. The van der Waals surface area contributed by atoms with Crippen LogP contribution in [0.15, 0.2) is 18.5 Å². The Kier molecular flexibility index (Phi) is 4.06. The maximum absolute atomic E-state index is 13.3. The highest BCUT2D eigenvalue weighted by Gasteiger charge is 2.30. The van der Waals surface area contributed by atoms with Gasteiger partial charge in [-0.3, -0.25) is 0 Å². The molecule has 0 radical (unpaired) electrons. The Bertz CT molecular complexity index is 988. The molecular weight excluding hydrogens is 366 g/mol. The zero-order valence-corrected chi connectivity index (χ0v) is 15.5. The average Bonchev–Trinajstić information content (AvgIpc) is 3.45. The van der Waals surface area contributed by atoms with Crippen LogP contribution in [-0.4, -0.2) is 55.7 Å². The van der Waals surface area contributed by atoms with Crippen LogP contribution in [0, 0.1) is 6.92 Å². The molecule has 0 atom stereocenters. The minimum Gasteiger partial charge on any atom is -0.353 e. The Morgan fingerprint density at radius 1 is 1.00 bits per heavy atom. The predicted molar refractivity (Wildman–Crippen MR) is 98.9 cm³/mol. The van der Waals surface area contributed by atoms with Gasteiger partial charge in [0.2, 0.25) is 0 Å². The number of fused-ring (bicyclic) bond motifs is 1. The standard InChI is InChI=1S/C18H20F2N8/c1-11-8-15(28-18(23-11)21-10-22-28)27-6-4-26(5-7-27)14-9-13(16(19)20)24-17(25-14)12-2-3-12/h8-10,12,16H,2-7H2,1H3. The van der Waals surface area contributed by atoms with Crippen molar-refractivity contribution >= 4 is 17.4 Å². The van der Waals surface area contributed by atoms with E-state index in [1.54, 1.807) is 4.52 Å². The summed E-state index contributed by atoms with van der Waals surface area (Å²) >= 11 is 0. The van der Waals surface area contributed by atoms with Gasteiger partial charge in [-0.2, -0.15) is 14.6 Å². The van der Waals surface area contributed by atoms with E-state index in [1.807, 2.05) is 13.0 Å². The van der Waals surface area contributed by atoms with Gasteiger partial charge in [-0.05, 0) is 19.8 Å². The van der Waals surface area contributed by atoms with Crippen LogP contribution in [0.3, 0.4) is 0 Å². The van der Waals surface area contributed by atoms with Crippen LogP contribution in [0.5, 0.6) is 0 Å². The topological polar surface area (TPSA) is 75.3 Å². The van der Waals surface area contributed by atoms with E-state index in [4.69, 9.17) is 0 Å². The smallest absolute Gasteiger partial charge is 0.280 e. The second-order valence-corrected chi connectivity index (χ2v) is 7.29. The maximum atomic E-state index is 13.3. The fourth-order valence-electron chi connectivity index (χ4n) is 3.57. The molecule has 5 rings (SSSR count). The number of halogens is 2. The normalized spacial score (nSPS) is 17.7. The van der Waals surface area contributed by atoms with Crippen LogP contribution in [-0.2, 0) is 0 Å². The van der Waals surface area contributed by atoms with E-state index in [1.165, 1.54) is 12.4 Å². The first-order valence-corrected chi connectivity index (χ1v) is 9.43. The molecule has 10 heteroatoms. The van der Waals surface area contributed by atoms with Crippen LogP contribution in [0.2, 0.25) is 0 Å². The summed E-state index contributed by atoms with van der Waals surface area (Å²) in [5.74, 6) is 2.91. The molecule has 3 aromatic heterocycles. The van der Waals surface area contributed by atoms with Gasteiger partial charge in [0.15, 0.2) is 0 Å². The van der Waals surface area contributed by atoms with Gasteiger partial charge in [-0.15, -0.1) is 0 Å². The lowest BCUT2D eigenvalue weighted by Gasteiger charge is -2.36. The van der Waals surface area contributed by atoms with E-state index >= 15 is 0 Å². The van der Waals surface area contributed by atoms with E-state index in [0.29, 0.717) is 30.5 Å². The van der Waals surface area contributed by atoms with Crippen LogP contribution < -0.4 is 9.80 Å². The Labute approximate surface area is 160 Å². The molecule has 2 aliphatic rings. The summed E-state index contributed by atoms with van der Waals surface area (Å²) < 4.78 is 28.3. The minimum atomic E-state index is -2.58. The van der Waals surface area contributed by atoms with Gasteiger partial charge >= 0.3 is 0 Å². The molecule has 0 amide bonds. The predicted octanol–water partition coefficient (Wildman–Crippen LogP) is 2.36. The molecule has 2 fully saturated rings. The molecule has 146 valence electrons. The first kappa shape index (κ1) is 17.2. The van der Waals surface area contributed by atoms with Crippen molar-refractivity contribution in [3.05, 3.63) is 35.7 Å². The Balaban J connectivity index is 1.38. The van der Waals surface area contributed by atoms with Gasteiger partial charge in [0, 0.05) is 49.9 Å². The molecule has 0 N–H and O–H groups in total. The van der Waals surface area contributed by atoms with Gasteiger partial charge in [-0.1, -0.05) is 0 Å². The fourth-order valence-corrected chi connectivity index (χ4v) is 3.57. The number of hydrogen-bond acceptors (Lipinski definition) is 7. The van der Waals surface area contributed by atoms with Gasteiger partial charge < -0.3 is 9.80 Å². The summed E-state index contributed by atoms with van der Waals surface area (Å²) in [6.45, 7) is 4.75. The molecule has 1 saturated heterocycles. The van der Waals surface area contributed by atoms with Crippen molar-refractivity contribution in [1.82, 2.24) is 29.5 Å². The van der Waals surface area contributed by atoms with E-state index in [2.05, 4.69) is 34.8 Å². The van der Waals surface area contributed by atoms with Crippen molar-refractivity contribution in [2.24, 2.45) is 0 Å². The number of hydrogen-bond donors (Lipinski definition) is 0. The van der Waals surface area contributed by atoms with Crippen LogP contribution in [0.25, 0.3) is 5.78 Å². The lowest BCUT2D eigenvalue weighted by Crippen LogP contribution is -2.47. The molecule has 1 aliphatic carbocycles. The van der Waals surface area contributed by atoms with Gasteiger partial charge in [0.25, 0.3) is 12.2 Å².